The van der Waals surface area contributed by atoms with E-state index in [0.717, 1.165) is 0 Å². The molecule has 0 aromatic carbocycles. The normalized spacial score (nSPS) is 10.1. The molecule has 2 aromatic heterocycles. The molecular formula is C12H9N3O3S. The largest absolute Gasteiger partial charge is 0.478 e. The molecule has 2 rings (SSSR count). The zero-order chi connectivity index (χ0) is 13.8. The monoisotopic (exact) mass is 275 g/mol. The molecular weight excluding hydrogens is 266 g/mol. The molecule has 0 saturated heterocycles. The predicted molar refractivity (Wildman–Crippen MR) is 68.1 cm³/mol. The third-order valence-corrected chi connectivity index (χ3v) is 3.11. The molecule has 0 saturated carbocycles. The van der Waals surface area contributed by atoms with Crippen LogP contribution in [0, 0.1) is 0 Å². The SMILES string of the molecule is NC(=O)c1cc(Sc2cc(C(=O)O)ccn2)ccn1. The fourth-order valence-electron chi connectivity index (χ4n) is 1.33. The predicted octanol–water partition coefficient (Wildman–Crippen LogP) is 1.42. The van der Waals surface area contributed by atoms with E-state index < -0.39 is 11.9 Å². The minimum Gasteiger partial charge on any atom is -0.478 e. The zero-order valence-electron chi connectivity index (χ0n) is 9.61. The number of carbonyl (C=O) groups excluding carboxylic acids is 1. The number of rotatable bonds is 4. The van der Waals surface area contributed by atoms with E-state index in [1.54, 1.807) is 6.07 Å². The molecule has 0 aliphatic carbocycles. The van der Waals surface area contributed by atoms with Crippen LogP contribution in [0.4, 0.5) is 0 Å². The first-order valence-electron chi connectivity index (χ1n) is 5.19. The second-order valence-corrected chi connectivity index (χ2v) is 4.62. The number of hydrogen-bond donors (Lipinski definition) is 2. The van der Waals surface area contributed by atoms with Crippen LogP contribution in [0.25, 0.3) is 0 Å². The van der Waals surface area contributed by atoms with Crippen molar-refractivity contribution in [1.29, 1.82) is 0 Å². The Bertz CT molecular complexity index is 590. The van der Waals surface area contributed by atoms with Crippen LogP contribution < -0.4 is 5.73 Å². The highest BCUT2D eigenvalue weighted by Gasteiger charge is 2.07. The maximum atomic E-state index is 11.0. The third kappa shape index (κ3) is 3.29. The fraction of sp³-hybridized carbons (Fsp3) is 0. The van der Waals surface area contributed by atoms with Gasteiger partial charge in [0.1, 0.15) is 10.7 Å². The van der Waals surface area contributed by atoms with Crippen molar-refractivity contribution in [3.05, 3.63) is 47.9 Å². The lowest BCUT2D eigenvalue weighted by Gasteiger charge is -2.02. The maximum absolute atomic E-state index is 11.0. The second kappa shape index (κ2) is 5.49. The van der Waals surface area contributed by atoms with Gasteiger partial charge in [0.15, 0.2) is 0 Å². The number of hydrogen-bond acceptors (Lipinski definition) is 5. The molecule has 0 aliphatic heterocycles. The summed E-state index contributed by atoms with van der Waals surface area (Å²) in [6, 6.07) is 6.08. The number of aromatic carboxylic acids is 1. The zero-order valence-corrected chi connectivity index (χ0v) is 10.4. The Kier molecular flexibility index (Phi) is 3.76. The van der Waals surface area contributed by atoms with E-state index in [4.69, 9.17) is 10.8 Å². The molecule has 0 aliphatic rings. The van der Waals surface area contributed by atoms with Gasteiger partial charge in [-0.05, 0) is 24.3 Å². The van der Waals surface area contributed by atoms with Gasteiger partial charge >= 0.3 is 5.97 Å². The molecule has 96 valence electrons. The van der Waals surface area contributed by atoms with Crippen LogP contribution >= 0.6 is 11.8 Å². The number of aromatic nitrogens is 2. The maximum Gasteiger partial charge on any atom is 0.335 e. The lowest BCUT2D eigenvalue weighted by molar-refractivity contribution is 0.0696. The number of nitrogens with zero attached hydrogens (tertiary/aromatic N) is 2. The van der Waals surface area contributed by atoms with Gasteiger partial charge in [-0.3, -0.25) is 9.78 Å². The Morgan fingerprint density at radius 2 is 1.89 bits per heavy atom. The van der Waals surface area contributed by atoms with Crippen LogP contribution in [0.2, 0.25) is 0 Å². The molecule has 0 atom stereocenters. The van der Waals surface area contributed by atoms with Gasteiger partial charge in [0, 0.05) is 17.3 Å². The quantitative estimate of drug-likeness (QED) is 0.874. The Morgan fingerprint density at radius 3 is 2.58 bits per heavy atom. The lowest BCUT2D eigenvalue weighted by Crippen LogP contribution is -2.12. The van der Waals surface area contributed by atoms with Gasteiger partial charge in [-0.25, -0.2) is 9.78 Å². The van der Waals surface area contributed by atoms with Crippen LogP contribution in [-0.2, 0) is 0 Å². The van der Waals surface area contributed by atoms with Crippen LogP contribution in [0.15, 0.2) is 46.6 Å². The Hall–Kier alpha value is -2.41. The topological polar surface area (TPSA) is 106 Å². The van der Waals surface area contributed by atoms with Crippen molar-refractivity contribution >= 4 is 23.6 Å². The number of primary amides is 1. The molecule has 0 fully saturated rings. The van der Waals surface area contributed by atoms with Crippen LogP contribution in [-0.4, -0.2) is 27.0 Å². The van der Waals surface area contributed by atoms with Gasteiger partial charge in [-0.2, -0.15) is 0 Å². The minimum atomic E-state index is -1.02. The number of pyridine rings is 2. The molecule has 6 nitrogen and oxygen atoms in total. The number of carboxylic acid groups (broad SMARTS) is 1. The summed E-state index contributed by atoms with van der Waals surface area (Å²) >= 11 is 1.23. The van der Waals surface area contributed by atoms with Gasteiger partial charge in [0.05, 0.1) is 5.56 Å². The number of carboxylic acids is 1. The van der Waals surface area contributed by atoms with Crippen LogP contribution in [0.5, 0.6) is 0 Å². The standard InChI is InChI=1S/C12H9N3O3S/c13-11(16)9-6-8(2-4-14-9)19-10-5-7(12(17)18)1-3-15-10/h1-6H,(H2,13,16)(H,17,18). The molecule has 0 radical (unpaired) electrons. The lowest BCUT2D eigenvalue weighted by atomic mass is 10.3. The number of amides is 1. The van der Waals surface area contributed by atoms with E-state index in [1.807, 2.05) is 0 Å². The molecule has 2 heterocycles. The molecule has 19 heavy (non-hydrogen) atoms. The van der Waals surface area contributed by atoms with Crippen LogP contribution in [0.1, 0.15) is 20.8 Å². The molecule has 0 spiro atoms. The number of nitrogens with two attached hydrogens (primary N) is 1. The van der Waals surface area contributed by atoms with E-state index >= 15 is 0 Å². The smallest absolute Gasteiger partial charge is 0.335 e. The second-order valence-electron chi connectivity index (χ2n) is 3.53. The summed E-state index contributed by atoms with van der Waals surface area (Å²) in [6.07, 6.45) is 2.88. The van der Waals surface area contributed by atoms with E-state index in [1.165, 1.54) is 42.4 Å². The van der Waals surface area contributed by atoms with E-state index in [9.17, 15) is 9.59 Å². The highest BCUT2D eigenvalue weighted by atomic mass is 32.2. The minimum absolute atomic E-state index is 0.152. The fourth-order valence-corrected chi connectivity index (χ4v) is 2.17. The highest BCUT2D eigenvalue weighted by molar-refractivity contribution is 7.99. The molecule has 0 bridgehead atoms. The third-order valence-electron chi connectivity index (χ3n) is 2.19. The summed E-state index contributed by atoms with van der Waals surface area (Å²) in [5, 5.41) is 9.40. The Morgan fingerprint density at radius 1 is 1.16 bits per heavy atom. The van der Waals surface area contributed by atoms with Crippen molar-refractivity contribution in [2.45, 2.75) is 9.92 Å². The Balaban J connectivity index is 2.26. The molecule has 0 unspecified atom stereocenters. The highest BCUT2D eigenvalue weighted by Crippen LogP contribution is 2.26. The van der Waals surface area contributed by atoms with Crippen molar-refractivity contribution in [1.82, 2.24) is 9.97 Å². The summed E-state index contributed by atoms with van der Waals surface area (Å²) in [5.41, 5.74) is 5.44. The van der Waals surface area contributed by atoms with E-state index in [0.29, 0.717) is 9.92 Å². The molecule has 7 heteroatoms. The summed E-state index contributed by atoms with van der Waals surface area (Å²) in [6.45, 7) is 0. The van der Waals surface area contributed by atoms with Gasteiger partial charge in [0.2, 0.25) is 0 Å². The average molecular weight is 275 g/mol. The van der Waals surface area contributed by atoms with Crippen molar-refractivity contribution in [3.8, 4) is 0 Å². The summed E-state index contributed by atoms with van der Waals surface area (Å²) in [4.78, 5) is 30.4. The van der Waals surface area contributed by atoms with Gasteiger partial charge in [0.25, 0.3) is 5.91 Å². The van der Waals surface area contributed by atoms with E-state index in [2.05, 4.69) is 9.97 Å². The molecule has 3 N–H and O–H groups in total. The molecule has 1 amide bonds. The summed E-state index contributed by atoms with van der Waals surface area (Å²) in [5.74, 6) is -1.63. The number of carbonyl (C=O) groups is 2. The van der Waals surface area contributed by atoms with Crippen LogP contribution in [0.3, 0.4) is 0 Å². The van der Waals surface area contributed by atoms with Crippen molar-refractivity contribution in [2.24, 2.45) is 5.73 Å². The van der Waals surface area contributed by atoms with Crippen molar-refractivity contribution in [3.63, 3.8) is 0 Å². The summed E-state index contributed by atoms with van der Waals surface area (Å²) < 4.78 is 0. The summed E-state index contributed by atoms with van der Waals surface area (Å²) in [7, 11) is 0. The van der Waals surface area contributed by atoms with E-state index in [-0.39, 0.29) is 11.3 Å². The first-order valence-corrected chi connectivity index (χ1v) is 6.01. The van der Waals surface area contributed by atoms with Crippen molar-refractivity contribution < 1.29 is 14.7 Å². The van der Waals surface area contributed by atoms with Gasteiger partial charge < -0.3 is 10.8 Å². The first-order chi connectivity index (χ1) is 9.06. The average Bonchev–Trinajstić information content (AvgIpc) is 2.39. The van der Waals surface area contributed by atoms with Gasteiger partial charge in [-0.15, -0.1) is 0 Å². The first kappa shape index (κ1) is 13.0. The van der Waals surface area contributed by atoms with Gasteiger partial charge in [-0.1, -0.05) is 11.8 Å². The molecule has 2 aromatic rings. The van der Waals surface area contributed by atoms with Crippen molar-refractivity contribution in [2.75, 3.05) is 0 Å². The Labute approximate surface area is 112 Å².